The fraction of sp³-hybridized carbons (Fsp3) is 0.400. The van der Waals surface area contributed by atoms with Gasteiger partial charge in [-0.1, -0.05) is 37.3 Å². The highest BCUT2D eigenvalue weighted by molar-refractivity contribution is 5.98. The number of fused-ring (bicyclic) bond motifs is 4. The Labute approximate surface area is 250 Å². The Morgan fingerprint density at radius 2 is 1.84 bits per heavy atom. The molecule has 43 heavy (non-hydrogen) atoms. The van der Waals surface area contributed by atoms with Gasteiger partial charge >= 0.3 is 0 Å². The van der Waals surface area contributed by atoms with E-state index < -0.39 is 11.4 Å². The van der Waals surface area contributed by atoms with Crippen molar-refractivity contribution in [3.05, 3.63) is 83.3 Å². The van der Waals surface area contributed by atoms with Gasteiger partial charge in [0.2, 0.25) is 0 Å². The van der Waals surface area contributed by atoms with Crippen LogP contribution < -0.4 is 0 Å². The molecule has 5 aromatic rings. The van der Waals surface area contributed by atoms with Crippen molar-refractivity contribution in [2.24, 2.45) is 24.8 Å². The molecule has 1 saturated heterocycles. The van der Waals surface area contributed by atoms with Crippen LogP contribution in [0.25, 0.3) is 33.6 Å². The van der Waals surface area contributed by atoms with Gasteiger partial charge in [-0.05, 0) is 86.3 Å². The van der Waals surface area contributed by atoms with Crippen LogP contribution >= 0.6 is 0 Å². The highest BCUT2D eigenvalue weighted by Gasteiger charge is 2.46. The van der Waals surface area contributed by atoms with E-state index in [9.17, 15) is 9.90 Å². The van der Waals surface area contributed by atoms with Gasteiger partial charge in [0.15, 0.2) is 5.82 Å². The lowest BCUT2D eigenvalue weighted by Crippen LogP contribution is -2.38. The molecule has 2 aromatic carbocycles. The Morgan fingerprint density at radius 3 is 2.53 bits per heavy atom. The minimum absolute atomic E-state index is 0.0999. The number of aryl methyl sites for hydroxylation is 1. The number of carbonyl (C=O) groups excluding carboxylic acids is 1. The summed E-state index contributed by atoms with van der Waals surface area (Å²) >= 11 is 0. The van der Waals surface area contributed by atoms with Crippen LogP contribution in [0.1, 0.15) is 61.1 Å². The lowest BCUT2D eigenvalue weighted by molar-refractivity contribution is 0.0695. The SMILES string of the molecule is C[C@@H]1C2CCC1N(C(=O)c1cc(F)c3c(c1)nc(-c1cc4ccc(C(C)(O)c5ccccc5)nc4n1CC1CC1)n3C)C2. The highest BCUT2D eigenvalue weighted by Crippen LogP contribution is 2.43. The number of pyridine rings is 1. The van der Waals surface area contributed by atoms with E-state index in [0.29, 0.717) is 45.9 Å². The van der Waals surface area contributed by atoms with Crippen LogP contribution in [0.15, 0.2) is 60.7 Å². The number of halogens is 1. The molecule has 2 saturated carbocycles. The standard InChI is InChI=1S/C35H36FN5O2/c1-20-23-11-13-28(20)41(19-23)34(42)24-15-26(36)31-27(16-24)37-33(39(31)3)29-17-22-12-14-30(35(2,43)25-7-5-4-6-8-25)38-32(22)40(29)18-21-9-10-21/h4-8,12,14-17,20-21,23,28,43H,9-11,13,18-19H2,1-3H3/t20-,23?,28?,35?/m1/s1. The summed E-state index contributed by atoms with van der Waals surface area (Å²) in [5, 5.41) is 12.5. The number of carbonyl (C=O) groups is 1. The van der Waals surface area contributed by atoms with Crippen molar-refractivity contribution < 1.29 is 14.3 Å². The maximum atomic E-state index is 15.7. The number of imidazole rings is 1. The number of likely N-dealkylation sites (tertiary alicyclic amines) is 1. The number of amides is 1. The number of piperidine rings is 1. The molecule has 7 nitrogen and oxygen atoms in total. The Morgan fingerprint density at radius 1 is 1.05 bits per heavy atom. The lowest BCUT2D eigenvalue weighted by atomic mass is 9.92. The number of rotatable bonds is 6. The molecule has 1 aliphatic heterocycles. The monoisotopic (exact) mass is 577 g/mol. The van der Waals surface area contributed by atoms with Crippen molar-refractivity contribution in [2.75, 3.05) is 6.54 Å². The van der Waals surface area contributed by atoms with Gasteiger partial charge in [0.1, 0.15) is 22.6 Å². The number of aliphatic hydroxyl groups is 1. The van der Waals surface area contributed by atoms with Gasteiger partial charge in [0.25, 0.3) is 5.91 Å². The highest BCUT2D eigenvalue weighted by atomic mass is 19.1. The molecule has 0 spiro atoms. The van der Waals surface area contributed by atoms with Crippen molar-refractivity contribution in [3.8, 4) is 11.5 Å². The second-order valence-electron chi connectivity index (χ2n) is 13.2. The molecule has 3 aliphatic rings. The van der Waals surface area contributed by atoms with Crippen molar-refractivity contribution in [1.82, 2.24) is 24.0 Å². The molecule has 8 heteroatoms. The molecule has 2 bridgehead atoms. The van der Waals surface area contributed by atoms with Crippen LogP contribution in [0.2, 0.25) is 0 Å². The van der Waals surface area contributed by atoms with E-state index in [0.717, 1.165) is 54.6 Å². The van der Waals surface area contributed by atoms with E-state index >= 15 is 4.39 Å². The maximum absolute atomic E-state index is 15.7. The van der Waals surface area contributed by atoms with E-state index in [1.54, 1.807) is 17.6 Å². The second-order valence-corrected chi connectivity index (χ2v) is 13.2. The molecule has 8 rings (SSSR count). The largest absolute Gasteiger partial charge is 0.379 e. The average Bonchev–Trinajstić information content (AvgIpc) is 3.40. The Bertz CT molecular complexity index is 1900. The van der Waals surface area contributed by atoms with Crippen LogP contribution in [0, 0.1) is 23.6 Å². The second kappa shape index (κ2) is 9.48. The predicted molar refractivity (Wildman–Crippen MR) is 164 cm³/mol. The van der Waals surface area contributed by atoms with Crippen molar-refractivity contribution in [3.63, 3.8) is 0 Å². The maximum Gasteiger partial charge on any atom is 0.254 e. The van der Waals surface area contributed by atoms with E-state index in [1.165, 1.54) is 12.5 Å². The summed E-state index contributed by atoms with van der Waals surface area (Å²) in [5.41, 5.74) is 2.92. The topological polar surface area (TPSA) is 76.2 Å². The van der Waals surface area contributed by atoms with Gasteiger partial charge in [-0.25, -0.2) is 14.4 Å². The third-order valence-electron chi connectivity index (χ3n) is 10.4. The summed E-state index contributed by atoms with van der Waals surface area (Å²) in [5.74, 6) is 1.67. The Kier molecular flexibility index (Phi) is 5.86. The molecule has 4 atom stereocenters. The van der Waals surface area contributed by atoms with E-state index in [2.05, 4.69) is 17.6 Å². The fourth-order valence-corrected chi connectivity index (χ4v) is 7.60. The lowest BCUT2D eigenvalue weighted by Gasteiger charge is -2.27. The van der Waals surface area contributed by atoms with Crippen LogP contribution in [-0.4, -0.2) is 47.6 Å². The molecule has 1 N–H and O–H groups in total. The number of benzene rings is 2. The van der Waals surface area contributed by atoms with E-state index in [4.69, 9.17) is 9.97 Å². The molecule has 0 radical (unpaired) electrons. The molecule has 220 valence electrons. The van der Waals surface area contributed by atoms with Gasteiger partial charge in [-0.3, -0.25) is 4.79 Å². The average molecular weight is 578 g/mol. The molecule has 3 aromatic heterocycles. The van der Waals surface area contributed by atoms with E-state index in [1.807, 2.05) is 54.4 Å². The third kappa shape index (κ3) is 4.13. The molecule has 3 fully saturated rings. The molecular formula is C35H36FN5O2. The van der Waals surface area contributed by atoms with Gasteiger partial charge in [-0.15, -0.1) is 0 Å². The molecule has 3 unspecified atom stereocenters. The summed E-state index contributed by atoms with van der Waals surface area (Å²) in [4.78, 5) is 25.4. The van der Waals surface area contributed by atoms with Gasteiger partial charge < -0.3 is 19.1 Å². The first-order valence-electron chi connectivity index (χ1n) is 15.5. The predicted octanol–water partition coefficient (Wildman–Crippen LogP) is 6.27. The molecule has 1 amide bonds. The molecule has 2 aliphatic carbocycles. The van der Waals surface area contributed by atoms with Gasteiger partial charge in [-0.2, -0.15) is 0 Å². The summed E-state index contributed by atoms with van der Waals surface area (Å²) < 4.78 is 19.7. The van der Waals surface area contributed by atoms with Crippen molar-refractivity contribution in [2.45, 2.75) is 57.7 Å². The number of aromatic nitrogens is 4. The number of hydrogen-bond acceptors (Lipinski definition) is 4. The Hall–Kier alpha value is -4.04. The van der Waals surface area contributed by atoms with Crippen molar-refractivity contribution >= 4 is 28.0 Å². The Balaban J connectivity index is 1.22. The molecular weight excluding hydrogens is 541 g/mol. The van der Waals surface area contributed by atoms with Gasteiger partial charge in [0.05, 0.1) is 16.9 Å². The summed E-state index contributed by atoms with van der Waals surface area (Å²) in [7, 11) is 1.83. The zero-order valence-corrected chi connectivity index (χ0v) is 24.8. The van der Waals surface area contributed by atoms with Crippen LogP contribution in [0.3, 0.4) is 0 Å². The fourth-order valence-electron chi connectivity index (χ4n) is 7.60. The minimum Gasteiger partial charge on any atom is -0.379 e. The zero-order chi connectivity index (χ0) is 29.6. The number of hydrogen-bond donors (Lipinski definition) is 1. The van der Waals surface area contributed by atoms with Gasteiger partial charge in [0, 0.05) is 37.1 Å². The quantitative estimate of drug-likeness (QED) is 0.258. The third-order valence-corrected chi connectivity index (χ3v) is 10.4. The van der Waals surface area contributed by atoms with E-state index in [-0.39, 0.29) is 11.9 Å². The smallest absolute Gasteiger partial charge is 0.254 e. The normalized spacial score (nSPS) is 23.0. The van der Waals surface area contributed by atoms with Crippen LogP contribution in [0.5, 0.6) is 0 Å². The first-order valence-corrected chi connectivity index (χ1v) is 15.5. The zero-order valence-electron chi connectivity index (χ0n) is 24.8. The minimum atomic E-state index is -1.26. The van der Waals surface area contributed by atoms with Crippen LogP contribution in [0.4, 0.5) is 4.39 Å². The first-order chi connectivity index (χ1) is 20.7. The van der Waals surface area contributed by atoms with Crippen LogP contribution in [-0.2, 0) is 19.2 Å². The molecule has 4 heterocycles. The van der Waals surface area contributed by atoms with Crippen molar-refractivity contribution in [1.29, 1.82) is 0 Å². The summed E-state index contributed by atoms with van der Waals surface area (Å²) in [6.07, 6.45) is 4.50. The number of nitrogens with zero attached hydrogens (tertiary/aromatic N) is 5. The summed E-state index contributed by atoms with van der Waals surface area (Å²) in [6.45, 7) is 5.53. The first kappa shape index (κ1) is 26.6. The summed E-state index contributed by atoms with van der Waals surface area (Å²) in [6, 6.07) is 18.9.